The van der Waals surface area contributed by atoms with E-state index < -0.39 is 10.1 Å². The van der Waals surface area contributed by atoms with Gasteiger partial charge in [0.15, 0.2) is 0 Å². The minimum atomic E-state index is -4.14. The van der Waals surface area contributed by atoms with Gasteiger partial charge in [0.05, 0.1) is 16.2 Å². The van der Waals surface area contributed by atoms with E-state index in [1.807, 2.05) is 0 Å². The van der Waals surface area contributed by atoms with Crippen LogP contribution in [0.5, 0.6) is 0 Å². The zero-order valence-corrected chi connectivity index (χ0v) is 12.9. The van der Waals surface area contributed by atoms with Gasteiger partial charge >= 0.3 is 29.6 Å². The molecule has 1 amide bonds. The summed E-state index contributed by atoms with van der Waals surface area (Å²) in [4.78, 5) is 11.5. The Labute approximate surface area is 124 Å². The summed E-state index contributed by atoms with van der Waals surface area (Å²) in [6.45, 7) is 1.07. The van der Waals surface area contributed by atoms with Gasteiger partial charge in [-0.25, -0.2) is 8.42 Å². The van der Waals surface area contributed by atoms with E-state index in [1.54, 1.807) is 0 Å². The van der Waals surface area contributed by atoms with Crippen LogP contribution in [0.4, 0.5) is 0 Å². The number of nitrogens with one attached hydrogen (secondary N) is 2. The first-order valence-corrected chi connectivity index (χ1v) is 7.01. The molecule has 0 aromatic rings. The molecule has 0 aromatic heterocycles. The third kappa shape index (κ3) is 8.12. The summed E-state index contributed by atoms with van der Waals surface area (Å²) in [5, 5.41) is 5.74. The van der Waals surface area contributed by atoms with Crippen LogP contribution in [0.1, 0.15) is 25.7 Å². The first-order chi connectivity index (χ1) is 7.49. The number of hydrogen-bond acceptors (Lipinski definition) is 5. The quantitative estimate of drug-likeness (QED) is 0.304. The third-order valence-corrected chi connectivity index (χ3v) is 3.29. The summed E-state index contributed by atoms with van der Waals surface area (Å²) in [7, 11) is -4.14. The van der Waals surface area contributed by atoms with Crippen LogP contribution < -0.4 is 40.2 Å². The van der Waals surface area contributed by atoms with Gasteiger partial charge in [-0.1, -0.05) is 0 Å². The summed E-state index contributed by atoms with van der Waals surface area (Å²) in [5.41, 5.74) is 0. The predicted molar refractivity (Wildman–Crippen MR) is 57.8 cm³/mol. The van der Waals surface area contributed by atoms with E-state index in [9.17, 15) is 17.8 Å². The molecule has 1 aliphatic heterocycles. The fourth-order valence-corrected chi connectivity index (χ4v) is 2.16. The van der Waals surface area contributed by atoms with Crippen molar-refractivity contribution in [3.8, 4) is 0 Å². The molecule has 94 valence electrons. The van der Waals surface area contributed by atoms with Gasteiger partial charge < -0.3 is 15.2 Å². The summed E-state index contributed by atoms with van der Waals surface area (Å²) in [6.07, 6.45) is 2.95. The van der Waals surface area contributed by atoms with Crippen LogP contribution >= 0.6 is 0 Å². The zero-order valence-electron chi connectivity index (χ0n) is 10.1. The molecule has 1 saturated heterocycles. The maximum atomic E-state index is 11.5. The summed E-state index contributed by atoms with van der Waals surface area (Å²) < 4.78 is 31.0. The second-order valence-corrected chi connectivity index (χ2v) is 5.43. The van der Waals surface area contributed by atoms with E-state index in [4.69, 9.17) is 0 Å². The summed E-state index contributed by atoms with van der Waals surface area (Å²) >= 11 is 0. The molecule has 0 saturated carbocycles. The molecule has 1 heterocycles. The predicted octanol–water partition coefficient (Wildman–Crippen LogP) is -3.82. The van der Waals surface area contributed by atoms with Crippen LogP contribution in [0.2, 0.25) is 0 Å². The van der Waals surface area contributed by atoms with Crippen LogP contribution in [0.15, 0.2) is 0 Å². The van der Waals surface area contributed by atoms with E-state index in [0.29, 0.717) is 13.1 Å². The molecule has 0 bridgehead atoms. The Bertz CT molecular complexity index is 334. The Balaban J connectivity index is 0.00000256. The zero-order chi connectivity index (χ0) is 12.0. The van der Waals surface area contributed by atoms with Crippen LogP contribution in [0, 0.1) is 0 Å². The number of carbonyl (C=O) groups excluding carboxylic acids is 1. The van der Waals surface area contributed by atoms with Crippen molar-refractivity contribution in [1.29, 1.82) is 0 Å². The van der Waals surface area contributed by atoms with Gasteiger partial charge in [-0.2, -0.15) is 0 Å². The van der Waals surface area contributed by atoms with E-state index >= 15 is 0 Å². The molecular formula is C9H17N2NaO4S. The van der Waals surface area contributed by atoms with Crippen molar-refractivity contribution in [1.82, 2.24) is 10.6 Å². The molecule has 1 atom stereocenters. The fraction of sp³-hybridized carbons (Fsp3) is 0.889. The SMILES string of the molecule is O=C1NCCCCC1NCCCS(=O)(=O)[O-].[Na+]. The van der Waals surface area contributed by atoms with Crippen molar-refractivity contribution >= 4 is 16.0 Å². The summed E-state index contributed by atoms with van der Waals surface area (Å²) in [6, 6.07) is -0.253. The number of rotatable bonds is 5. The molecule has 1 fully saturated rings. The van der Waals surface area contributed by atoms with Crippen molar-refractivity contribution in [3.63, 3.8) is 0 Å². The number of amides is 1. The Morgan fingerprint density at radius 3 is 2.76 bits per heavy atom. The van der Waals surface area contributed by atoms with E-state index in [0.717, 1.165) is 19.3 Å². The van der Waals surface area contributed by atoms with Crippen LogP contribution in [0.3, 0.4) is 0 Å². The van der Waals surface area contributed by atoms with Crippen molar-refractivity contribution in [2.45, 2.75) is 31.7 Å². The van der Waals surface area contributed by atoms with Crippen molar-refractivity contribution in [3.05, 3.63) is 0 Å². The Morgan fingerprint density at radius 2 is 2.12 bits per heavy atom. The third-order valence-electron chi connectivity index (χ3n) is 2.50. The molecule has 1 rings (SSSR count). The molecular weight excluding hydrogens is 255 g/mol. The first kappa shape index (κ1) is 17.3. The van der Waals surface area contributed by atoms with Gasteiger partial charge in [-0.3, -0.25) is 4.79 Å². The average Bonchev–Trinajstić information content (AvgIpc) is 2.37. The standard InChI is InChI=1S/C9H18N2O4S.Na/c12-9-8(4-1-2-5-11-9)10-6-3-7-16(13,14)15;/h8,10H,1-7H2,(H,11,12)(H,13,14,15);/q;+1/p-1. The fourth-order valence-electron chi connectivity index (χ4n) is 1.66. The van der Waals surface area contributed by atoms with Crippen LogP contribution in [-0.4, -0.2) is 43.8 Å². The Kier molecular flexibility index (Phi) is 8.61. The molecule has 2 N–H and O–H groups in total. The second kappa shape index (κ2) is 8.44. The minimum Gasteiger partial charge on any atom is -0.748 e. The molecule has 0 spiro atoms. The van der Waals surface area contributed by atoms with Crippen LogP contribution in [-0.2, 0) is 14.9 Å². The van der Waals surface area contributed by atoms with Crippen LogP contribution in [0.25, 0.3) is 0 Å². The van der Waals surface area contributed by atoms with E-state index in [-0.39, 0.29) is 53.7 Å². The monoisotopic (exact) mass is 272 g/mol. The Hall–Kier alpha value is 0.340. The van der Waals surface area contributed by atoms with Crippen molar-refractivity contribution < 1.29 is 47.3 Å². The molecule has 1 unspecified atom stereocenters. The molecule has 0 radical (unpaired) electrons. The number of hydrogen-bond donors (Lipinski definition) is 2. The molecule has 8 heteroatoms. The average molecular weight is 272 g/mol. The second-order valence-electron chi connectivity index (χ2n) is 3.91. The van der Waals surface area contributed by atoms with Crippen molar-refractivity contribution in [2.75, 3.05) is 18.8 Å². The Morgan fingerprint density at radius 1 is 1.41 bits per heavy atom. The maximum Gasteiger partial charge on any atom is 1.00 e. The topological polar surface area (TPSA) is 98.3 Å². The maximum absolute atomic E-state index is 11.5. The molecule has 0 aromatic carbocycles. The smallest absolute Gasteiger partial charge is 0.748 e. The minimum absolute atomic E-state index is 0. The van der Waals surface area contributed by atoms with Gasteiger partial charge in [0.1, 0.15) is 0 Å². The molecule has 6 nitrogen and oxygen atoms in total. The van der Waals surface area contributed by atoms with Gasteiger partial charge in [0.2, 0.25) is 5.91 Å². The molecule has 1 aliphatic rings. The first-order valence-electron chi connectivity index (χ1n) is 5.44. The van der Waals surface area contributed by atoms with Gasteiger partial charge in [0, 0.05) is 12.3 Å². The largest absolute Gasteiger partial charge is 1.00 e. The van der Waals surface area contributed by atoms with Crippen molar-refractivity contribution in [2.24, 2.45) is 0 Å². The molecule has 0 aliphatic carbocycles. The van der Waals surface area contributed by atoms with E-state index in [1.165, 1.54) is 0 Å². The molecule has 17 heavy (non-hydrogen) atoms. The van der Waals surface area contributed by atoms with Gasteiger partial charge in [0.25, 0.3) is 0 Å². The number of carbonyl (C=O) groups is 1. The van der Waals surface area contributed by atoms with Gasteiger partial charge in [-0.05, 0) is 32.2 Å². The van der Waals surface area contributed by atoms with Gasteiger partial charge in [-0.15, -0.1) is 0 Å². The normalized spacial score (nSPS) is 21.2. The summed E-state index contributed by atoms with van der Waals surface area (Å²) in [5.74, 6) is -0.420. The van der Waals surface area contributed by atoms with E-state index in [2.05, 4.69) is 10.6 Å².